The highest BCUT2D eigenvalue weighted by Gasteiger charge is 2.50. The zero-order valence-electron chi connectivity index (χ0n) is 21.8. The molecule has 1 atom stereocenters. The summed E-state index contributed by atoms with van der Waals surface area (Å²) in [5.41, 5.74) is 2.43. The van der Waals surface area contributed by atoms with Gasteiger partial charge in [0.2, 0.25) is 0 Å². The van der Waals surface area contributed by atoms with Crippen LogP contribution in [0.1, 0.15) is 94.9 Å². The van der Waals surface area contributed by atoms with Gasteiger partial charge >= 0.3 is 19.2 Å². The van der Waals surface area contributed by atoms with E-state index in [-0.39, 0.29) is 31.3 Å². The predicted octanol–water partition coefficient (Wildman–Crippen LogP) is 4.20. The maximum atomic E-state index is 13.2. The van der Waals surface area contributed by atoms with Crippen LogP contribution in [0.5, 0.6) is 0 Å². The number of alkyl carbamates (subject to hydrolysis) is 1. The first kappa shape index (κ1) is 28.7. The van der Waals surface area contributed by atoms with Crippen LogP contribution in [0.3, 0.4) is 0 Å². The number of rotatable bonds is 9. The molecule has 0 spiro atoms. The lowest BCUT2D eigenvalue weighted by Crippen LogP contribution is -2.58. The van der Waals surface area contributed by atoms with Gasteiger partial charge in [0.1, 0.15) is 16.7 Å². The molecule has 0 radical (unpaired) electrons. The van der Waals surface area contributed by atoms with Crippen molar-refractivity contribution in [3.8, 4) is 0 Å². The molecule has 1 aliphatic heterocycles. The Morgan fingerprint density at radius 1 is 0.875 bits per heavy atom. The lowest BCUT2D eigenvalue weighted by molar-refractivity contribution is -0.164. The molecule has 0 bridgehead atoms. The highest BCUT2D eigenvalue weighted by Crippen LogP contribution is 2.38. The third kappa shape index (κ3) is 8.56. The molecule has 1 amide bonds. The van der Waals surface area contributed by atoms with Crippen LogP contribution in [0.2, 0.25) is 6.32 Å². The topological polar surface area (TPSA) is 109 Å². The Bertz CT molecular complexity index is 638. The minimum Gasteiger partial charge on any atom is -0.458 e. The predicted molar refractivity (Wildman–Crippen MR) is 126 cm³/mol. The number of amides is 1. The van der Waals surface area contributed by atoms with Crippen LogP contribution in [0.4, 0.5) is 4.79 Å². The largest absolute Gasteiger partial charge is 0.458 e. The van der Waals surface area contributed by atoms with Crippen molar-refractivity contribution in [2.24, 2.45) is 5.73 Å². The van der Waals surface area contributed by atoms with Crippen LogP contribution in [0.15, 0.2) is 0 Å². The zero-order valence-corrected chi connectivity index (χ0v) is 21.8. The molecular formula is C23H45BN2O6. The van der Waals surface area contributed by atoms with Gasteiger partial charge in [-0.1, -0.05) is 12.8 Å². The molecule has 0 saturated carbocycles. The number of nitrogens with two attached hydrogens (primary N) is 1. The molecule has 0 aromatic carbocycles. The SMILES string of the molecule is CC(C)(C)OC(=O)NC(CCN)(CCCCB1OC(C)(C)C(C)(C)O1)C(=O)OC(C)(C)C. The first-order valence-electron chi connectivity index (χ1n) is 11.6. The quantitative estimate of drug-likeness (QED) is 0.304. The minimum absolute atomic E-state index is 0.215. The molecule has 0 aromatic rings. The molecule has 8 nitrogen and oxygen atoms in total. The maximum Gasteiger partial charge on any atom is 0.457 e. The Labute approximate surface area is 194 Å². The zero-order chi connectivity index (χ0) is 25.0. The smallest absolute Gasteiger partial charge is 0.457 e. The van der Waals surface area contributed by atoms with Gasteiger partial charge in [0.05, 0.1) is 11.2 Å². The van der Waals surface area contributed by atoms with Gasteiger partial charge in [-0.25, -0.2) is 9.59 Å². The molecule has 3 N–H and O–H groups in total. The molecule has 1 rings (SSSR count). The molecular weight excluding hydrogens is 411 g/mol. The number of hydrogen-bond acceptors (Lipinski definition) is 7. The van der Waals surface area contributed by atoms with Gasteiger partial charge in [-0.3, -0.25) is 0 Å². The molecule has 0 aromatic heterocycles. The molecule has 1 saturated heterocycles. The van der Waals surface area contributed by atoms with E-state index in [2.05, 4.69) is 5.32 Å². The molecule has 1 aliphatic rings. The van der Waals surface area contributed by atoms with E-state index in [1.807, 2.05) is 27.7 Å². The molecule has 1 unspecified atom stereocenters. The Morgan fingerprint density at radius 2 is 1.38 bits per heavy atom. The second-order valence-electron chi connectivity index (χ2n) is 11.7. The van der Waals surface area contributed by atoms with Crippen LogP contribution >= 0.6 is 0 Å². The van der Waals surface area contributed by atoms with E-state index in [9.17, 15) is 9.59 Å². The molecule has 9 heteroatoms. The van der Waals surface area contributed by atoms with Crippen molar-refractivity contribution < 1.29 is 28.4 Å². The van der Waals surface area contributed by atoms with E-state index in [1.54, 1.807) is 41.5 Å². The summed E-state index contributed by atoms with van der Waals surface area (Å²) in [6.07, 6.45) is 2.05. The molecule has 32 heavy (non-hydrogen) atoms. The lowest BCUT2D eigenvalue weighted by Gasteiger charge is -2.35. The van der Waals surface area contributed by atoms with E-state index in [4.69, 9.17) is 24.5 Å². The number of hydrogen-bond donors (Lipinski definition) is 2. The average Bonchev–Trinajstić information content (AvgIpc) is 2.75. The summed E-state index contributed by atoms with van der Waals surface area (Å²) in [5.74, 6) is -0.503. The van der Waals surface area contributed by atoms with Crippen molar-refractivity contribution in [1.29, 1.82) is 0 Å². The van der Waals surface area contributed by atoms with E-state index in [0.717, 1.165) is 6.42 Å². The van der Waals surface area contributed by atoms with Gasteiger partial charge < -0.3 is 29.8 Å². The van der Waals surface area contributed by atoms with Gasteiger partial charge in [0, 0.05) is 0 Å². The number of nitrogens with one attached hydrogen (secondary N) is 1. The molecule has 186 valence electrons. The van der Waals surface area contributed by atoms with Crippen LogP contribution in [0, 0.1) is 0 Å². The van der Waals surface area contributed by atoms with Crippen LogP contribution < -0.4 is 11.1 Å². The van der Waals surface area contributed by atoms with Crippen molar-refractivity contribution in [2.45, 2.75) is 129 Å². The monoisotopic (exact) mass is 456 g/mol. The average molecular weight is 456 g/mol. The highest BCUT2D eigenvalue weighted by atomic mass is 16.7. The summed E-state index contributed by atoms with van der Waals surface area (Å²) in [7, 11) is -0.302. The standard InChI is InChI=1S/C23H45BN2O6/c1-19(2,3)29-17(27)23(14-16-25,26-18(28)30-20(4,5)6)13-11-12-15-24-31-21(7,8)22(9,10)32-24/h11-16,25H2,1-10H3,(H,26,28). The van der Waals surface area contributed by atoms with Crippen molar-refractivity contribution in [2.75, 3.05) is 6.54 Å². The first-order valence-corrected chi connectivity index (χ1v) is 11.6. The van der Waals surface area contributed by atoms with Gasteiger partial charge in [-0.05, 0) is 94.9 Å². The van der Waals surface area contributed by atoms with Gasteiger partial charge in [-0.2, -0.15) is 0 Å². The van der Waals surface area contributed by atoms with Crippen molar-refractivity contribution >= 4 is 19.2 Å². The van der Waals surface area contributed by atoms with Crippen molar-refractivity contribution in [1.82, 2.24) is 5.32 Å². The summed E-state index contributed by atoms with van der Waals surface area (Å²) in [4.78, 5) is 25.8. The maximum absolute atomic E-state index is 13.2. The number of carbonyl (C=O) groups is 2. The molecule has 1 heterocycles. The summed E-state index contributed by atoms with van der Waals surface area (Å²) in [6.45, 7) is 19.0. The number of carbonyl (C=O) groups excluding carboxylic acids is 2. The Kier molecular flexibility index (Phi) is 9.25. The van der Waals surface area contributed by atoms with Crippen molar-refractivity contribution in [3.05, 3.63) is 0 Å². The normalized spacial score (nSPS) is 19.9. The van der Waals surface area contributed by atoms with Crippen LogP contribution in [-0.4, -0.2) is 53.7 Å². The number of ether oxygens (including phenoxy) is 2. The van der Waals surface area contributed by atoms with Crippen molar-refractivity contribution in [3.63, 3.8) is 0 Å². The first-order chi connectivity index (χ1) is 14.3. The van der Waals surface area contributed by atoms with Gasteiger partial charge in [0.25, 0.3) is 0 Å². The summed E-state index contributed by atoms with van der Waals surface area (Å²) in [5, 5.41) is 2.79. The lowest BCUT2D eigenvalue weighted by atomic mass is 9.80. The Balaban J connectivity index is 2.89. The van der Waals surface area contributed by atoms with Gasteiger partial charge in [-0.15, -0.1) is 0 Å². The van der Waals surface area contributed by atoms with E-state index >= 15 is 0 Å². The van der Waals surface area contributed by atoms with Gasteiger partial charge in [0.15, 0.2) is 0 Å². The fraction of sp³-hybridized carbons (Fsp3) is 0.913. The minimum atomic E-state index is -1.26. The fourth-order valence-electron chi connectivity index (χ4n) is 3.45. The second-order valence-corrected chi connectivity index (χ2v) is 11.7. The van der Waals surface area contributed by atoms with E-state index < -0.39 is 28.8 Å². The highest BCUT2D eigenvalue weighted by molar-refractivity contribution is 6.45. The summed E-state index contributed by atoms with van der Waals surface area (Å²) < 4.78 is 23.2. The Morgan fingerprint density at radius 3 is 1.81 bits per heavy atom. The fourth-order valence-corrected chi connectivity index (χ4v) is 3.45. The molecule has 0 aliphatic carbocycles. The Hall–Kier alpha value is -1.32. The number of unbranched alkanes of at least 4 members (excludes halogenated alkanes) is 1. The second kappa shape index (κ2) is 10.3. The van der Waals surface area contributed by atoms with Crippen LogP contribution in [-0.2, 0) is 23.6 Å². The molecule has 1 fully saturated rings. The third-order valence-electron chi connectivity index (χ3n) is 5.70. The third-order valence-corrected chi connectivity index (χ3v) is 5.70. The van der Waals surface area contributed by atoms with Crippen LogP contribution in [0.25, 0.3) is 0 Å². The summed E-state index contributed by atoms with van der Waals surface area (Å²) >= 11 is 0. The summed E-state index contributed by atoms with van der Waals surface area (Å²) in [6, 6.07) is 0. The van der Waals surface area contributed by atoms with E-state index in [0.29, 0.717) is 19.2 Å². The van der Waals surface area contributed by atoms with E-state index in [1.165, 1.54) is 0 Å². The number of esters is 1.